The highest BCUT2D eigenvalue weighted by molar-refractivity contribution is 5.95. The number of carbonyl (C=O) groups excluding carboxylic acids is 2. The molecule has 3 aliphatic rings. The molecule has 31 heavy (non-hydrogen) atoms. The van der Waals surface area contributed by atoms with Crippen LogP contribution >= 0.6 is 0 Å². The number of amides is 2. The average molecular weight is 431 g/mol. The lowest BCUT2D eigenvalue weighted by molar-refractivity contribution is -0.184. The molecule has 2 N–H and O–H groups in total. The largest absolute Gasteiger partial charge is 0.494 e. The lowest BCUT2D eigenvalue weighted by Crippen LogP contribution is -2.51. The minimum Gasteiger partial charge on any atom is -0.494 e. The third-order valence-electron chi connectivity index (χ3n) is 5.90. The number of carbonyl (C=O) groups is 2. The molecule has 1 atom stereocenters. The molecule has 1 aromatic rings. The van der Waals surface area contributed by atoms with Crippen molar-refractivity contribution in [2.24, 2.45) is 0 Å². The van der Waals surface area contributed by atoms with Gasteiger partial charge in [0, 0.05) is 43.7 Å². The maximum atomic E-state index is 12.8. The highest BCUT2D eigenvalue weighted by Crippen LogP contribution is 2.35. The summed E-state index contributed by atoms with van der Waals surface area (Å²) >= 11 is 0. The number of benzene rings is 1. The van der Waals surface area contributed by atoms with Gasteiger partial charge in [-0.1, -0.05) is 18.2 Å². The first kappa shape index (κ1) is 21.6. The van der Waals surface area contributed by atoms with Crippen LogP contribution in [0.15, 0.2) is 35.5 Å². The van der Waals surface area contributed by atoms with Gasteiger partial charge < -0.3 is 29.6 Å². The Balaban J connectivity index is 1.62. The molecule has 168 valence electrons. The first-order chi connectivity index (χ1) is 15.0. The fourth-order valence-electron chi connectivity index (χ4n) is 4.39. The fourth-order valence-corrected chi connectivity index (χ4v) is 4.39. The Bertz CT molecular complexity index is 855. The predicted octanol–water partition coefficient (Wildman–Crippen LogP) is 1.71. The number of methoxy groups -OCH3 is 1. The summed E-state index contributed by atoms with van der Waals surface area (Å²) in [5.41, 5.74) is 1.63. The van der Waals surface area contributed by atoms with Gasteiger partial charge in [-0.05, 0) is 13.0 Å². The number of piperidine rings is 1. The molecule has 3 heterocycles. The van der Waals surface area contributed by atoms with Crippen molar-refractivity contribution in [2.75, 3.05) is 46.6 Å². The molecule has 2 amide bonds. The van der Waals surface area contributed by atoms with Gasteiger partial charge >= 0.3 is 12.0 Å². The van der Waals surface area contributed by atoms with Crippen molar-refractivity contribution in [3.63, 3.8) is 0 Å². The van der Waals surface area contributed by atoms with Gasteiger partial charge in [0.1, 0.15) is 5.75 Å². The zero-order valence-corrected chi connectivity index (χ0v) is 17.9. The van der Waals surface area contributed by atoms with Gasteiger partial charge in [-0.2, -0.15) is 0 Å². The van der Waals surface area contributed by atoms with E-state index in [-0.39, 0.29) is 6.03 Å². The van der Waals surface area contributed by atoms with Crippen molar-refractivity contribution >= 4 is 12.0 Å². The summed E-state index contributed by atoms with van der Waals surface area (Å²) in [5, 5.41) is 5.68. The molecule has 0 bridgehead atoms. The Morgan fingerprint density at radius 1 is 1.23 bits per heavy atom. The Morgan fingerprint density at radius 3 is 2.61 bits per heavy atom. The number of hydrogen-bond acceptors (Lipinski definition) is 7. The molecule has 0 saturated carbocycles. The fraction of sp³-hybridized carbons (Fsp3) is 0.545. The number of para-hydroxylation sites is 1. The highest BCUT2D eigenvalue weighted by atomic mass is 16.7. The number of rotatable bonds is 6. The minimum absolute atomic E-state index is 0.366. The van der Waals surface area contributed by atoms with Crippen LogP contribution in [0.3, 0.4) is 0 Å². The zero-order valence-electron chi connectivity index (χ0n) is 17.9. The van der Waals surface area contributed by atoms with Crippen LogP contribution in [0.1, 0.15) is 31.4 Å². The van der Waals surface area contributed by atoms with Crippen molar-refractivity contribution in [3.8, 4) is 5.75 Å². The second kappa shape index (κ2) is 9.25. The molecule has 0 aromatic heterocycles. The van der Waals surface area contributed by atoms with E-state index < -0.39 is 17.8 Å². The van der Waals surface area contributed by atoms with Gasteiger partial charge in [0.15, 0.2) is 5.79 Å². The summed E-state index contributed by atoms with van der Waals surface area (Å²) in [6.45, 7) is 5.51. The second-order valence-electron chi connectivity index (χ2n) is 7.77. The van der Waals surface area contributed by atoms with Crippen LogP contribution in [0.25, 0.3) is 0 Å². The molecule has 0 aliphatic carbocycles. The van der Waals surface area contributed by atoms with Crippen molar-refractivity contribution in [3.05, 3.63) is 41.1 Å². The van der Waals surface area contributed by atoms with E-state index in [2.05, 4.69) is 15.5 Å². The summed E-state index contributed by atoms with van der Waals surface area (Å²) in [5.74, 6) is -0.352. The minimum atomic E-state index is -0.670. The van der Waals surface area contributed by atoms with Gasteiger partial charge in [0.25, 0.3) is 0 Å². The maximum Gasteiger partial charge on any atom is 0.338 e. The molecular weight excluding hydrogens is 402 g/mol. The highest BCUT2D eigenvalue weighted by Gasteiger charge is 2.41. The molecular formula is C22H29N3O6. The van der Waals surface area contributed by atoms with Crippen molar-refractivity contribution in [2.45, 2.75) is 31.6 Å². The Hall–Kier alpha value is -2.62. The van der Waals surface area contributed by atoms with E-state index in [1.807, 2.05) is 31.2 Å². The Kier molecular flexibility index (Phi) is 6.45. The van der Waals surface area contributed by atoms with Crippen LogP contribution in [-0.2, 0) is 19.0 Å². The second-order valence-corrected chi connectivity index (χ2v) is 7.77. The standard InChI is InChI=1S/C22H29N3O6/c1-3-29-17-7-5-4-6-15(17)19-18(20(26)28-2)16(23-21(27)24-19)14-25-10-8-22(9-11-25)30-12-13-31-22/h4-7,19H,3,8-14H2,1-2H3,(H2,23,24,27). The smallest absolute Gasteiger partial charge is 0.338 e. The summed E-state index contributed by atoms with van der Waals surface area (Å²) in [6.07, 6.45) is 1.49. The molecule has 9 heteroatoms. The van der Waals surface area contributed by atoms with Crippen LogP contribution in [0, 0.1) is 0 Å². The first-order valence-electron chi connectivity index (χ1n) is 10.7. The number of hydrogen-bond donors (Lipinski definition) is 2. The molecule has 1 unspecified atom stereocenters. The third-order valence-corrected chi connectivity index (χ3v) is 5.90. The van der Waals surface area contributed by atoms with Gasteiger partial charge in [-0.3, -0.25) is 4.90 Å². The zero-order chi connectivity index (χ0) is 21.8. The quantitative estimate of drug-likeness (QED) is 0.662. The molecule has 1 spiro atoms. The van der Waals surface area contributed by atoms with Crippen molar-refractivity contribution < 1.29 is 28.5 Å². The van der Waals surface area contributed by atoms with Crippen LogP contribution in [-0.4, -0.2) is 69.3 Å². The lowest BCUT2D eigenvalue weighted by atomic mass is 9.93. The number of urea groups is 1. The monoisotopic (exact) mass is 431 g/mol. The number of esters is 1. The lowest BCUT2D eigenvalue weighted by Gasteiger charge is -2.39. The SMILES string of the molecule is CCOc1ccccc1C1NC(=O)NC(CN2CCC3(CC2)OCCO3)=C1C(=O)OC. The van der Waals surface area contributed by atoms with E-state index in [1.165, 1.54) is 7.11 Å². The van der Waals surface area contributed by atoms with Crippen LogP contribution in [0.4, 0.5) is 4.79 Å². The number of nitrogens with zero attached hydrogens (tertiary/aromatic N) is 1. The number of nitrogens with one attached hydrogen (secondary N) is 2. The molecule has 2 fully saturated rings. The van der Waals surface area contributed by atoms with E-state index in [4.69, 9.17) is 18.9 Å². The van der Waals surface area contributed by atoms with Crippen molar-refractivity contribution in [1.29, 1.82) is 0 Å². The topological polar surface area (TPSA) is 98.4 Å². The average Bonchev–Trinajstić information content (AvgIpc) is 3.23. The van der Waals surface area contributed by atoms with Crippen LogP contribution in [0.2, 0.25) is 0 Å². The molecule has 1 aromatic carbocycles. The first-order valence-corrected chi connectivity index (χ1v) is 10.7. The van der Waals surface area contributed by atoms with Gasteiger partial charge in [0.05, 0.1) is 38.5 Å². The number of ether oxygens (including phenoxy) is 4. The van der Waals surface area contributed by atoms with E-state index >= 15 is 0 Å². The van der Waals surface area contributed by atoms with E-state index in [0.29, 0.717) is 48.9 Å². The summed E-state index contributed by atoms with van der Waals surface area (Å²) in [6, 6.07) is 6.35. The summed E-state index contributed by atoms with van der Waals surface area (Å²) in [4.78, 5) is 27.5. The van der Waals surface area contributed by atoms with Crippen LogP contribution < -0.4 is 15.4 Å². The van der Waals surface area contributed by atoms with Gasteiger partial charge in [0.2, 0.25) is 0 Å². The van der Waals surface area contributed by atoms with Crippen molar-refractivity contribution in [1.82, 2.24) is 15.5 Å². The van der Waals surface area contributed by atoms with E-state index in [1.54, 1.807) is 0 Å². The van der Waals surface area contributed by atoms with Gasteiger partial charge in [-0.25, -0.2) is 9.59 Å². The predicted molar refractivity (Wildman–Crippen MR) is 111 cm³/mol. The molecule has 9 nitrogen and oxygen atoms in total. The molecule has 2 saturated heterocycles. The molecule has 0 radical (unpaired) electrons. The third kappa shape index (κ3) is 4.53. The Labute approximate surface area is 181 Å². The molecule has 4 rings (SSSR count). The van der Waals surface area contributed by atoms with Crippen LogP contribution in [0.5, 0.6) is 5.75 Å². The van der Waals surface area contributed by atoms with E-state index in [0.717, 1.165) is 25.9 Å². The maximum absolute atomic E-state index is 12.8. The van der Waals surface area contributed by atoms with Gasteiger partial charge in [-0.15, -0.1) is 0 Å². The summed E-state index contributed by atoms with van der Waals surface area (Å²) < 4.78 is 22.4. The van der Waals surface area contributed by atoms with E-state index in [9.17, 15) is 9.59 Å². The Morgan fingerprint density at radius 2 is 1.94 bits per heavy atom. The molecule has 3 aliphatic heterocycles. The summed E-state index contributed by atoms with van der Waals surface area (Å²) in [7, 11) is 1.34. The number of likely N-dealkylation sites (tertiary alicyclic amines) is 1. The normalized spacial score (nSPS) is 23.4.